The molecule has 1 aromatic rings. The van der Waals surface area contributed by atoms with E-state index < -0.39 is 0 Å². The summed E-state index contributed by atoms with van der Waals surface area (Å²) in [6, 6.07) is 4.04. The van der Waals surface area contributed by atoms with Crippen LogP contribution < -0.4 is 4.74 Å². The van der Waals surface area contributed by atoms with Crippen LogP contribution in [-0.4, -0.2) is 11.9 Å². The third kappa shape index (κ3) is 1.50. The van der Waals surface area contributed by atoms with Crippen molar-refractivity contribution in [2.75, 3.05) is 0 Å². The molecular formula is C11H11FO2. The van der Waals surface area contributed by atoms with Crippen LogP contribution in [0.1, 0.15) is 30.1 Å². The zero-order valence-corrected chi connectivity index (χ0v) is 7.92. The van der Waals surface area contributed by atoms with Gasteiger partial charge in [-0.1, -0.05) is 6.92 Å². The Labute approximate surface area is 81.7 Å². The topological polar surface area (TPSA) is 26.3 Å². The average Bonchev–Trinajstić information content (AvgIpc) is 2.16. The number of carbonyl (C=O) groups excluding carboxylic acids is 1. The minimum atomic E-state index is -0.367. The number of fused-ring (bicyclic) bond motifs is 1. The van der Waals surface area contributed by atoms with Crippen LogP contribution in [0.2, 0.25) is 0 Å². The molecule has 2 rings (SSSR count). The second-order valence-electron chi connectivity index (χ2n) is 3.42. The van der Waals surface area contributed by atoms with E-state index in [1.807, 2.05) is 6.92 Å². The monoisotopic (exact) mass is 194 g/mol. The summed E-state index contributed by atoms with van der Waals surface area (Å²) < 4.78 is 18.3. The third-order valence-corrected chi connectivity index (χ3v) is 2.41. The number of hydrogen-bond donors (Lipinski definition) is 0. The second kappa shape index (κ2) is 3.40. The third-order valence-electron chi connectivity index (χ3n) is 2.41. The van der Waals surface area contributed by atoms with Gasteiger partial charge < -0.3 is 4.74 Å². The van der Waals surface area contributed by atoms with Gasteiger partial charge in [-0.05, 0) is 18.6 Å². The maximum Gasteiger partial charge on any atom is 0.170 e. The molecule has 2 nitrogen and oxygen atoms in total. The normalized spacial score (nSPS) is 20.1. The Kier molecular flexibility index (Phi) is 2.23. The van der Waals surface area contributed by atoms with Crippen molar-refractivity contribution in [2.24, 2.45) is 0 Å². The summed E-state index contributed by atoms with van der Waals surface area (Å²) in [6.45, 7) is 1.95. The van der Waals surface area contributed by atoms with Gasteiger partial charge in [0.1, 0.15) is 17.7 Å². The van der Waals surface area contributed by atoms with E-state index in [1.165, 1.54) is 18.2 Å². The molecule has 1 aromatic carbocycles. The van der Waals surface area contributed by atoms with Crippen molar-refractivity contribution in [3.63, 3.8) is 0 Å². The molecule has 1 aliphatic rings. The van der Waals surface area contributed by atoms with Gasteiger partial charge in [0.05, 0.1) is 5.56 Å². The van der Waals surface area contributed by atoms with E-state index in [0.29, 0.717) is 17.7 Å². The molecule has 0 fully saturated rings. The molecule has 0 amide bonds. The molecular weight excluding hydrogens is 183 g/mol. The Balaban J connectivity index is 2.40. The van der Waals surface area contributed by atoms with Crippen molar-refractivity contribution < 1.29 is 13.9 Å². The van der Waals surface area contributed by atoms with Crippen LogP contribution >= 0.6 is 0 Å². The first-order chi connectivity index (χ1) is 6.70. The number of ketones is 1. The molecule has 14 heavy (non-hydrogen) atoms. The smallest absolute Gasteiger partial charge is 0.170 e. The number of hydrogen-bond acceptors (Lipinski definition) is 2. The van der Waals surface area contributed by atoms with Gasteiger partial charge >= 0.3 is 0 Å². The number of Topliss-reactive ketones (excluding diaryl/α,β-unsaturated/α-hetero) is 1. The maximum atomic E-state index is 12.9. The fraction of sp³-hybridized carbons (Fsp3) is 0.364. The fourth-order valence-electron chi connectivity index (χ4n) is 1.59. The predicted molar refractivity (Wildman–Crippen MR) is 50.1 cm³/mol. The van der Waals surface area contributed by atoms with Gasteiger partial charge in [0, 0.05) is 12.5 Å². The molecule has 1 heterocycles. The van der Waals surface area contributed by atoms with Crippen LogP contribution in [0.4, 0.5) is 4.39 Å². The first-order valence-electron chi connectivity index (χ1n) is 4.70. The van der Waals surface area contributed by atoms with Gasteiger partial charge in [-0.15, -0.1) is 0 Å². The molecule has 0 saturated heterocycles. The van der Waals surface area contributed by atoms with Gasteiger partial charge in [0.15, 0.2) is 5.78 Å². The van der Waals surface area contributed by atoms with Gasteiger partial charge in [-0.25, -0.2) is 4.39 Å². The Morgan fingerprint density at radius 2 is 2.36 bits per heavy atom. The lowest BCUT2D eigenvalue weighted by Gasteiger charge is -2.23. The van der Waals surface area contributed by atoms with E-state index in [4.69, 9.17) is 4.74 Å². The van der Waals surface area contributed by atoms with Crippen molar-refractivity contribution >= 4 is 5.78 Å². The van der Waals surface area contributed by atoms with Crippen molar-refractivity contribution in [2.45, 2.75) is 25.9 Å². The van der Waals surface area contributed by atoms with Crippen LogP contribution in [0.3, 0.4) is 0 Å². The number of rotatable bonds is 1. The average molecular weight is 194 g/mol. The summed E-state index contributed by atoms with van der Waals surface area (Å²) >= 11 is 0. The Hall–Kier alpha value is -1.38. The molecule has 3 heteroatoms. The van der Waals surface area contributed by atoms with E-state index in [0.717, 1.165) is 6.42 Å². The van der Waals surface area contributed by atoms with Crippen LogP contribution in [0.15, 0.2) is 18.2 Å². The van der Waals surface area contributed by atoms with Gasteiger partial charge in [0.25, 0.3) is 0 Å². The summed E-state index contributed by atoms with van der Waals surface area (Å²) in [5, 5.41) is 0. The Morgan fingerprint density at radius 1 is 1.57 bits per heavy atom. The summed E-state index contributed by atoms with van der Waals surface area (Å²) in [7, 11) is 0. The standard InChI is InChI=1S/C11H11FO2/c1-2-8-6-10(13)9-4-3-7(12)5-11(9)14-8/h3-5,8H,2,6H2,1H3. The Morgan fingerprint density at radius 3 is 3.07 bits per heavy atom. The summed E-state index contributed by atoms with van der Waals surface area (Å²) in [6.07, 6.45) is 1.06. The molecule has 0 saturated carbocycles. The van der Waals surface area contributed by atoms with E-state index >= 15 is 0 Å². The molecule has 0 bridgehead atoms. The van der Waals surface area contributed by atoms with Crippen molar-refractivity contribution in [3.8, 4) is 5.75 Å². The largest absolute Gasteiger partial charge is 0.489 e. The lowest BCUT2D eigenvalue weighted by Crippen LogP contribution is -2.26. The highest BCUT2D eigenvalue weighted by Gasteiger charge is 2.25. The number of ether oxygens (including phenoxy) is 1. The molecule has 0 aromatic heterocycles. The van der Waals surface area contributed by atoms with Crippen LogP contribution in [-0.2, 0) is 0 Å². The number of benzene rings is 1. The zero-order valence-electron chi connectivity index (χ0n) is 7.92. The summed E-state index contributed by atoms with van der Waals surface area (Å²) in [5.74, 6) is 0.0551. The number of halogens is 1. The lowest BCUT2D eigenvalue weighted by atomic mass is 9.99. The van der Waals surface area contributed by atoms with Crippen LogP contribution in [0, 0.1) is 5.82 Å². The summed E-state index contributed by atoms with van der Waals surface area (Å²) in [5.41, 5.74) is 0.496. The highest BCUT2D eigenvalue weighted by molar-refractivity contribution is 5.99. The molecule has 0 N–H and O–H groups in total. The number of carbonyl (C=O) groups is 1. The SMILES string of the molecule is CCC1CC(=O)c2ccc(F)cc2O1. The molecule has 1 aliphatic heterocycles. The Bertz CT molecular complexity index is 374. The van der Waals surface area contributed by atoms with Gasteiger partial charge in [-0.2, -0.15) is 0 Å². The minimum Gasteiger partial charge on any atom is -0.489 e. The summed E-state index contributed by atoms with van der Waals surface area (Å²) in [4.78, 5) is 11.6. The first-order valence-corrected chi connectivity index (χ1v) is 4.70. The highest BCUT2D eigenvalue weighted by atomic mass is 19.1. The molecule has 1 atom stereocenters. The molecule has 74 valence electrons. The van der Waals surface area contributed by atoms with Crippen molar-refractivity contribution in [1.82, 2.24) is 0 Å². The van der Waals surface area contributed by atoms with E-state index in [9.17, 15) is 9.18 Å². The second-order valence-corrected chi connectivity index (χ2v) is 3.42. The van der Waals surface area contributed by atoms with Crippen LogP contribution in [0.25, 0.3) is 0 Å². The van der Waals surface area contributed by atoms with Crippen molar-refractivity contribution in [1.29, 1.82) is 0 Å². The molecule has 0 radical (unpaired) electrons. The lowest BCUT2D eigenvalue weighted by molar-refractivity contribution is 0.0845. The van der Waals surface area contributed by atoms with E-state index in [-0.39, 0.29) is 17.7 Å². The minimum absolute atomic E-state index is 0.0399. The van der Waals surface area contributed by atoms with Crippen LogP contribution in [0.5, 0.6) is 5.75 Å². The predicted octanol–water partition coefficient (Wildman–Crippen LogP) is 2.57. The van der Waals surface area contributed by atoms with Crippen molar-refractivity contribution in [3.05, 3.63) is 29.6 Å². The van der Waals surface area contributed by atoms with Gasteiger partial charge in [0.2, 0.25) is 0 Å². The fourth-order valence-corrected chi connectivity index (χ4v) is 1.59. The maximum absolute atomic E-state index is 12.9. The van der Waals surface area contributed by atoms with E-state index in [1.54, 1.807) is 0 Å². The highest BCUT2D eigenvalue weighted by Crippen LogP contribution is 2.29. The molecule has 0 aliphatic carbocycles. The van der Waals surface area contributed by atoms with E-state index in [2.05, 4.69) is 0 Å². The van der Waals surface area contributed by atoms with Gasteiger partial charge in [-0.3, -0.25) is 4.79 Å². The molecule has 0 spiro atoms. The zero-order chi connectivity index (χ0) is 10.1. The quantitative estimate of drug-likeness (QED) is 0.686. The first kappa shape index (κ1) is 9.19. The molecule has 1 unspecified atom stereocenters.